The molecule has 0 aliphatic carbocycles. The van der Waals surface area contributed by atoms with Gasteiger partial charge in [0.1, 0.15) is 5.01 Å². The van der Waals surface area contributed by atoms with Crippen LogP contribution >= 0.6 is 11.3 Å². The van der Waals surface area contributed by atoms with Crippen molar-refractivity contribution in [3.05, 3.63) is 70.7 Å². The molecule has 1 saturated heterocycles. The predicted molar refractivity (Wildman–Crippen MR) is 116 cm³/mol. The molecule has 0 unspecified atom stereocenters. The van der Waals surface area contributed by atoms with Crippen molar-refractivity contribution in [2.24, 2.45) is 0 Å². The van der Waals surface area contributed by atoms with E-state index in [2.05, 4.69) is 15.5 Å². The number of sulfonamides is 1. The van der Waals surface area contributed by atoms with E-state index in [1.54, 1.807) is 12.1 Å². The maximum Gasteiger partial charge on any atom is 0.257 e. The van der Waals surface area contributed by atoms with Gasteiger partial charge in [0.05, 0.1) is 4.90 Å². The monoisotopic (exact) mass is 442 g/mol. The molecule has 1 aromatic heterocycles. The Balaban J connectivity index is 1.46. The van der Waals surface area contributed by atoms with Crippen LogP contribution in [-0.4, -0.2) is 41.9 Å². The lowest BCUT2D eigenvalue weighted by Crippen LogP contribution is -2.35. The Morgan fingerprint density at radius 2 is 1.77 bits per heavy atom. The van der Waals surface area contributed by atoms with E-state index in [4.69, 9.17) is 0 Å². The van der Waals surface area contributed by atoms with Gasteiger partial charge in [0.15, 0.2) is 0 Å². The molecule has 0 bridgehead atoms. The standard InChI is InChI=1S/C21H22N4O3S2/c26-20(22-21-24-23-19(29-21)14-16-8-3-1-4-9-16)17-10-7-11-18(15-17)30(27,28)25-12-5-2-6-13-25/h1,3-4,7-11,15H,2,5-6,12-14H2,(H,22,24,26). The summed E-state index contributed by atoms with van der Waals surface area (Å²) in [5.41, 5.74) is 1.38. The number of anilines is 1. The Morgan fingerprint density at radius 3 is 2.53 bits per heavy atom. The van der Waals surface area contributed by atoms with Crippen molar-refractivity contribution >= 4 is 32.4 Å². The first-order valence-corrected chi connectivity index (χ1v) is 12.1. The van der Waals surface area contributed by atoms with Gasteiger partial charge in [-0.05, 0) is 36.6 Å². The number of nitrogens with one attached hydrogen (secondary N) is 1. The molecule has 1 amide bonds. The molecule has 0 spiro atoms. The van der Waals surface area contributed by atoms with Gasteiger partial charge in [-0.1, -0.05) is 54.2 Å². The normalized spacial score (nSPS) is 15.1. The maximum absolute atomic E-state index is 12.9. The zero-order valence-electron chi connectivity index (χ0n) is 16.3. The number of hydrogen-bond donors (Lipinski definition) is 1. The molecule has 1 fully saturated rings. The molecule has 2 heterocycles. The van der Waals surface area contributed by atoms with E-state index in [9.17, 15) is 13.2 Å². The quantitative estimate of drug-likeness (QED) is 0.630. The van der Waals surface area contributed by atoms with Crippen molar-refractivity contribution in [1.82, 2.24) is 14.5 Å². The van der Waals surface area contributed by atoms with Gasteiger partial charge in [-0.3, -0.25) is 10.1 Å². The van der Waals surface area contributed by atoms with Crippen LogP contribution < -0.4 is 5.32 Å². The highest BCUT2D eigenvalue weighted by Crippen LogP contribution is 2.23. The van der Waals surface area contributed by atoms with Crippen LogP contribution in [0.25, 0.3) is 0 Å². The molecule has 7 nitrogen and oxygen atoms in total. The lowest BCUT2D eigenvalue weighted by molar-refractivity contribution is 0.102. The van der Waals surface area contributed by atoms with Crippen LogP contribution in [0.3, 0.4) is 0 Å². The molecule has 2 aromatic carbocycles. The number of rotatable bonds is 6. The van der Waals surface area contributed by atoms with Crippen molar-refractivity contribution in [2.75, 3.05) is 18.4 Å². The first-order valence-electron chi connectivity index (χ1n) is 9.80. The molecular weight excluding hydrogens is 420 g/mol. The Morgan fingerprint density at radius 1 is 1.00 bits per heavy atom. The topological polar surface area (TPSA) is 92.3 Å². The van der Waals surface area contributed by atoms with Crippen LogP contribution in [0.5, 0.6) is 0 Å². The molecule has 156 valence electrons. The van der Waals surface area contributed by atoms with Crippen LogP contribution in [0.15, 0.2) is 59.5 Å². The number of nitrogens with zero attached hydrogens (tertiary/aromatic N) is 3. The summed E-state index contributed by atoms with van der Waals surface area (Å²) >= 11 is 1.30. The summed E-state index contributed by atoms with van der Waals surface area (Å²) in [6.07, 6.45) is 3.41. The molecule has 30 heavy (non-hydrogen) atoms. The fourth-order valence-electron chi connectivity index (χ4n) is 3.37. The summed E-state index contributed by atoms with van der Waals surface area (Å²) in [6, 6.07) is 16.0. The van der Waals surface area contributed by atoms with Gasteiger partial charge in [0.25, 0.3) is 5.91 Å². The molecule has 0 atom stereocenters. The predicted octanol–water partition coefficient (Wildman–Crippen LogP) is 3.56. The van der Waals surface area contributed by atoms with E-state index < -0.39 is 15.9 Å². The lowest BCUT2D eigenvalue weighted by Gasteiger charge is -2.26. The van der Waals surface area contributed by atoms with E-state index in [1.807, 2.05) is 30.3 Å². The summed E-state index contributed by atoms with van der Waals surface area (Å²) in [7, 11) is -3.59. The van der Waals surface area contributed by atoms with Gasteiger partial charge in [0.2, 0.25) is 15.2 Å². The average Bonchev–Trinajstić information content (AvgIpc) is 3.21. The molecule has 1 aliphatic heterocycles. The van der Waals surface area contributed by atoms with E-state index in [0.717, 1.165) is 29.8 Å². The number of carbonyl (C=O) groups excluding carboxylic acids is 1. The lowest BCUT2D eigenvalue weighted by atomic mass is 10.2. The third kappa shape index (κ3) is 4.75. The SMILES string of the molecule is O=C(Nc1nnc(Cc2ccccc2)s1)c1cccc(S(=O)(=O)N2CCCCC2)c1. The number of hydrogen-bond acceptors (Lipinski definition) is 6. The van der Waals surface area contributed by atoms with Gasteiger partial charge >= 0.3 is 0 Å². The minimum atomic E-state index is -3.59. The van der Waals surface area contributed by atoms with Crippen molar-refractivity contribution in [3.8, 4) is 0 Å². The Kier molecular flexibility index (Phi) is 6.21. The maximum atomic E-state index is 12.9. The largest absolute Gasteiger partial charge is 0.296 e. The fraction of sp³-hybridized carbons (Fsp3) is 0.286. The third-order valence-corrected chi connectivity index (χ3v) is 7.67. The smallest absolute Gasteiger partial charge is 0.257 e. The van der Waals surface area contributed by atoms with Crippen molar-refractivity contribution in [1.29, 1.82) is 0 Å². The second kappa shape index (κ2) is 9.03. The highest BCUT2D eigenvalue weighted by molar-refractivity contribution is 7.89. The minimum absolute atomic E-state index is 0.138. The molecule has 1 N–H and O–H groups in total. The van der Waals surface area contributed by atoms with E-state index in [1.165, 1.54) is 27.8 Å². The average molecular weight is 443 g/mol. The highest BCUT2D eigenvalue weighted by atomic mass is 32.2. The first-order chi connectivity index (χ1) is 14.5. The first kappa shape index (κ1) is 20.6. The van der Waals surface area contributed by atoms with Crippen molar-refractivity contribution in [2.45, 2.75) is 30.6 Å². The molecule has 9 heteroatoms. The third-order valence-electron chi connectivity index (χ3n) is 4.93. The second-order valence-electron chi connectivity index (χ2n) is 7.11. The van der Waals surface area contributed by atoms with Crippen LogP contribution in [-0.2, 0) is 16.4 Å². The molecule has 4 rings (SSSR count). The van der Waals surface area contributed by atoms with Crippen LogP contribution in [0.4, 0.5) is 5.13 Å². The van der Waals surface area contributed by atoms with Gasteiger partial charge in [-0.15, -0.1) is 10.2 Å². The number of benzene rings is 2. The number of carbonyl (C=O) groups is 1. The Bertz CT molecular complexity index is 1120. The molecule has 0 radical (unpaired) electrons. The van der Waals surface area contributed by atoms with Crippen LogP contribution in [0, 0.1) is 0 Å². The van der Waals surface area contributed by atoms with Gasteiger partial charge in [-0.25, -0.2) is 8.42 Å². The van der Waals surface area contributed by atoms with E-state index in [-0.39, 0.29) is 10.5 Å². The Hall–Kier alpha value is -2.62. The summed E-state index contributed by atoms with van der Waals surface area (Å²) < 4.78 is 27.2. The number of piperidine rings is 1. The van der Waals surface area contributed by atoms with E-state index >= 15 is 0 Å². The zero-order valence-corrected chi connectivity index (χ0v) is 18.0. The number of amides is 1. The van der Waals surface area contributed by atoms with Crippen molar-refractivity contribution < 1.29 is 13.2 Å². The zero-order chi connectivity index (χ0) is 21.0. The second-order valence-corrected chi connectivity index (χ2v) is 10.1. The van der Waals surface area contributed by atoms with E-state index in [0.29, 0.717) is 24.6 Å². The van der Waals surface area contributed by atoms with Gasteiger partial charge in [0, 0.05) is 25.1 Å². The molecular formula is C21H22N4O3S2. The van der Waals surface area contributed by atoms with Crippen LogP contribution in [0.2, 0.25) is 0 Å². The van der Waals surface area contributed by atoms with Crippen LogP contribution in [0.1, 0.15) is 40.2 Å². The summed E-state index contributed by atoms with van der Waals surface area (Å²) in [6.45, 7) is 1.04. The summed E-state index contributed by atoms with van der Waals surface area (Å²) in [5, 5.41) is 12.1. The summed E-state index contributed by atoms with van der Waals surface area (Å²) in [4.78, 5) is 12.8. The molecule has 3 aromatic rings. The Labute approximate surface area is 179 Å². The minimum Gasteiger partial charge on any atom is -0.296 e. The summed E-state index contributed by atoms with van der Waals surface area (Å²) in [5.74, 6) is -0.409. The van der Waals surface area contributed by atoms with Crippen molar-refractivity contribution in [3.63, 3.8) is 0 Å². The van der Waals surface area contributed by atoms with Gasteiger partial charge < -0.3 is 0 Å². The molecule has 1 aliphatic rings. The molecule has 0 saturated carbocycles. The number of aromatic nitrogens is 2. The fourth-order valence-corrected chi connectivity index (χ4v) is 5.70. The van der Waals surface area contributed by atoms with Gasteiger partial charge in [-0.2, -0.15) is 4.31 Å². The highest BCUT2D eigenvalue weighted by Gasteiger charge is 2.26.